The molecule has 1 N–H and O–H groups in total. The number of Topliss-reactive ketones (excluding diaryl/α,β-unsaturated/α-hetero) is 1. The topological polar surface area (TPSA) is 40.5 Å². The predicted octanol–water partition coefficient (Wildman–Crippen LogP) is 2.88. The molecule has 0 saturated heterocycles. The van der Waals surface area contributed by atoms with Crippen molar-refractivity contribution in [3.63, 3.8) is 0 Å². The lowest BCUT2D eigenvalue weighted by atomic mass is 10.1. The summed E-state index contributed by atoms with van der Waals surface area (Å²) >= 11 is 0. The number of hydrogen-bond acceptors (Lipinski definition) is 3. The van der Waals surface area contributed by atoms with E-state index in [-0.39, 0.29) is 5.78 Å². The Hall–Kier alpha value is -1.35. The van der Waals surface area contributed by atoms with E-state index in [1.54, 1.807) is 13.8 Å². The second kappa shape index (κ2) is 6.01. The fraction of sp³-hybridized carbons (Fsp3) is 0.533. The third-order valence-corrected chi connectivity index (χ3v) is 2.84. The Kier molecular flexibility index (Phi) is 4.91. The first-order valence-corrected chi connectivity index (χ1v) is 6.48. The highest BCUT2D eigenvalue weighted by Crippen LogP contribution is 2.18. The van der Waals surface area contributed by atoms with Crippen molar-refractivity contribution in [2.45, 2.75) is 39.7 Å². The number of aliphatic hydroxyl groups is 1. The Labute approximate surface area is 109 Å². The van der Waals surface area contributed by atoms with Crippen molar-refractivity contribution in [2.24, 2.45) is 0 Å². The minimum atomic E-state index is -0.728. The average molecular weight is 249 g/mol. The van der Waals surface area contributed by atoms with Gasteiger partial charge in [-0.15, -0.1) is 0 Å². The second-order valence-electron chi connectivity index (χ2n) is 5.15. The molecule has 0 atom stereocenters. The zero-order chi connectivity index (χ0) is 13.8. The molecule has 1 aromatic rings. The lowest BCUT2D eigenvalue weighted by molar-refractivity contribution is 0.0875. The molecule has 0 fully saturated rings. The van der Waals surface area contributed by atoms with Crippen LogP contribution in [0.1, 0.15) is 44.5 Å². The lowest BCUT2D eigenvalue weighted by Crippen LogP contribution is -2.38. The first-order valence-electron chi connectivity index (χ1n) is 6.48. The Morgan fingerprint density at radius 2 is 1.78 bits per heavy atom. The van der Waals surface area contributed by atoms with Gasteiger partial charge in [-0.05, 0) is 45.0 Å². The molecule has 0 aromatic heterocycles. The Balaban J connectivity index is 2.85. The summed E-state index contributed by atoms with van der Waals surface area (Å²) in [6, 6.07) is 7.60. The van der Waals surface area contributed by atoms with Crippen LogP contribution in [0, 0.1) is 0 Å². The number of carbonyl (C=O) groups is 1. The fourth-order valence-electron chi connectivity index (χ4n) is 1.92. The molecule has 18 heavy (non-hydrogen) atoms. The zero-order valence-electron chi connectivity index (χ0n) is 11.7. The molecule has 0 heterocycles. The van der Waals surface area contributed by atoms with E-state index in [2.05, 4.69) is 11.8 Å². The van der Waals surface area contributed by atoms with Crippen LogP contribution in [0.5, 0.6) is 0 Å². The van der Waals surface area contributed by atoms with E-state index in [1.165, 1.54) is 0 Å². The number of benzene rings is 1. The van der Waals surface area contributed by atoms with Crippen LogP contribution in [0.15, 0.2) is 24.3 Å². The van der Waals surface area contributed by atoms with Crippen molar-refractivity contribution >= 4 is 11.5 Å². The van der Waals surface area contributed by atoms with Crippen LogP contribution in [0.4, 0.5) is 5.69 Å². The number of hydrogen-bond donors (Lipinski definition) is 1. The fourth-order valence-corrected chi connectivity index (χ4v) is 1.92. The molecule has 100 valence electrons. The molecule has 0 aliphatic carbocycles. The van der Waals surface area contributed by atoms with Crippen molar-refractivity contribution in [3.05, 3.63) is 29.8 Å². The van der Waals surface area contributed by atoms with Gasteiger partial charge in [0.15, 0.2) is 5.78 Å². The largest absolute Gasteiger partial charge is 0.389 e. The highest BCUT2D eigenvalue weighted by atomic mass is 16.3. The van der Waals surface area contributed by atoms with Crippen LogP contribution in [0.3, 0.4) is 0 Å². The van der Waals surface area contributed by atoms with Gasteiger partial charge >= 0.3 is 0 Å². The number of carbonyl (C=O) groups excluding carboxylic acids is 1. The maximum atomic E-state index is 11.5. The molecule has 3 heteroatoms. The van der Waals surface area contributed by atoms with E-state index in [9.17, 15) is 9.90 Å². The van der Waals surface area contributed by atoms with Crippen molar-refractivity contribution in [1.82, 2.24) is 0 Å². The lowest BCUT2D eigenvalue weighted by Gasteiger charge is -2.30. The molecule has 0 aliphatic heterocycles. The normalized spacial score (nSPS) is 11.4. The van der Waals surface area contributed by atoms with Crippen molar-refractivity contribution in [1.29, 1.82) is 0 Å². The van der Waals surface area contributed by atoms with Gasteiger partial charge in [0.2, 0.25) is 0 Å². The van der Waals surface area contributed by atoms with Gasteiger partial charge in [0.1, 0.15) is 0 Å². The summed E-state index contributed by atoms with van der Waals surface area (Å²) in [4.78, 5) is 13.6. The zero-order valence-corrected chi connectivity index (χ0v) is 11.7. The van der Waals surface area contributed by atoms with Gasteiger partial charge in [-0.3, -0.25) is 4.79 Å². The summed E-state index contributed by atoms with van der Waals surface area (Å²) in [6.07, 6.45) is 0.528. The van der Waals surface area contributed by atoms with Crippen LogP contribution < -0.4 is 4.90 Å². The van der Waals surface area contributed by atoms with E-state index in [0.717, 1.165) is 17.8 Å². The monoisotopic (exact) mass is 249 g/mol. The third-order valence-electron chi connectivity index (χ3n) is 2.84. The Morgan fingerprint density at radius 3 is 2.17 bits per heavy atom. The molecule has 1 aromatic carbocycles. The molecule has 0 saturated carbocycles. The van der Waals surface area contributed by atoms with Crippen LogP contribution in [-0.2, 0) is 0 Å². The summed E-state index contributed by atoms with van der Waals surface area (Å²) in [5, 5.41) is 9.87. The highest BCUT2D eigenvalue weighted by Gasteiger charge is 2.17. The molecular weight excluding hydrogens is 226 g/mol. The van der Waals surface area contributed by atoms with Crippen LogP contribution in [-0.4, -0.2) is 29.6 Å². The third kappa shape index (κ3) is 4.15. The predicted molar refractivity (Wildman–Crippen MR) is 75.2 cm³/mol. The maximum absolute atomic E-state index is 11.5. The first-order chi connectivity index (χ1) is 8.37. The summed E-state index contributed by atoms with van der Waals surface area (Å²) in [5.41, 5.74) is 1.06. The van der Waals surface area contributed by atoms with Gasteiger partial charge in [0, 0.05) is 30.8 Å². The molecule has 3 nitrogen and oxygen atoms in total. The average Bonchev–Trinajstić information content (AvgIpc) is 2.34. The summed E-state index contributed by atoms with van der Waals surface area (Å²) in [7, 11) is 0. The van der Waals surface area contributed by atoms with E-state index in [4.69, 9.17) is 0 Å². The smallest absolute Gasteiger partial charge is 0.162 e. The second-order valence-corrected chi connectivity index (χ2v) is 5.15. The van der Waals surface area contributed by atoms with Gasteiger partial charge in [0.05, 0.1) is 5.60 Å². The van der Waals surface area contributed by atoms with E-state index in [0.29, 0.717) is 13.0 Å². The van der Waals surface area contributed by atoms with Gasteiger partial charge in [0.25, 0.3) is 0 Å². The Morgan fingerprint density at radius 1 is 1.22 bits per heavy atom. The summed E-state index contributed by atoms with van der Waals surface area (Å²) < 4.78 is 0. The SMILES string of the molecule is CCC(=O)c1ccc(N(CC)CC(C)(C)O)cc1. The van der Waals surface area contributed by atoms with Gasteiger partial charge in [-0.1, -0.05) is 6.92 Å². The van der Waals surface area contributed by atoms with Crippen molar-refractivity contribution in [3.8, 4) is 0 Å². The number of likely N-dealkylation sites (N-methyl/N-ethyl adjacent to an activating group) is 1. The molecule has 0 bridgehead atoms. The quantitative estimate of drug-likeness (QED) is 0.788. The van der Waals surface area contributed by atoms with Crippen molar-refractivity contribution in [2.75, 3.05) is 18.0 Å². The van der Waals surface area contributed by atoms with Crippen molar-refractivity contribution < 1.29 is 9.90 Å². The van der Waals surface area contributed by atoms with Crippen LogP contribution in [0.2, 0.25) is 0 Å². The first kappa shape index (κ1) is 14.7. The maximum Gasteiger partial charge on any atom is 0.162 e. The highest BCUT2D eigenvalue weighted by molar-refractivity contribution is 5.96. The van der Waals surface area contributed by atoms with Crippen LogP contribution >= 0.6 is 0 Å². The standard InChI is InChI=1S/C15H23NO2/c1-5-14(17)12-7-9-13(10-8-12)16(6-2)11-15(3,4)18/h7-10,18H,5-6,11H2,1-4H3. The number of nitrogens with zero attached hydrogens (tertiary/aromatic N) is 1. The number of rotatable bonds is 6. The van der Waals surface area contributed by atoms with E-state index < -0.39 is 5.60 Å². The molecule has 0 radical (unpaired) electrons. The van der Waals surface area contributed by atoms with Gasteiger partial charge < -0.3 is 10.0 Å². The molecular formula is C15H23NO2. The molecule has 0 unspecified atom stereocenters. The van der Waals surface area contributed by atoms with E-state index in [1.807, 2.05) is 31.2 Å². The molecule has 0 aliphatic rings. The Bertz CT molecular complexity index is 390. The summed E-state index contributed by atoms with van der Waals surface area (Å²) in [5.74, 6) is 0.159. The molecule has 1 rings (SSSR count). The number of anilines is 1. The van der Waals surface area contributed by atoms with E-state index >= 15 is 0 Å². The minimum absolute atomic E-state index is 0.159. The molecule has 0 amide bonds. The van der Waals surface area contributed by atoms with Crippen LogP contribution in [0.25, 0.3) is 0 Å². The van der Waals surface area contributed by atoms with Gasteiger partial charge in [-0.25, -0.2) is 0 Å². The minimum Gasteiger partial charge on any atom is -0.389 e. The number of ketones is 1. The summed E-state index contributed by atoms with van der Waals surface area (Å²) in [6.45, 7) is 8.91. The van der Waals surface area contributed by atoms with Gasteiger partial charge in [-0.2, -0.15) is 0 Å². The molecule has 0 spiro atoms.